The average molecular weight is 152 g/mol. The van der Waals surface area contributed by atoms with Crippen LogP contribution in [0.1, 0.15) is 6.42 Å². The number of rotatable bonds is 1. The van der Waals surface area contributed by atoms with Crippen LogP contribution in [0, 0.1) is 0 Å². The van der Waals surface area contributed by atoms with Crippen molar-refractivity contribution in [1.82, 2.24) is 15.8 Å². The number of likely N-dealkylation sites (tertiary alicyclic amines) is 1. The van der Waals surface area contributed by atoms with Gasteiger partial charge in [-0.05, 0) is 6.42 Å². The highest BCUT2D eigenvalue weighted by Gasteiger charge is 2.16. The molecule has 2 aliphatic heterocycles. The third-order valence-electron chi connectivity index (χ3n) is 1.96. The number of hydrogen-bond donors (Lipinski definition) is 3. The molecule has 0 aliphatic carbocycles. The van der Waals surface area contributed by atoms with Crippen molar-refractivity contribution in [3.8, 4) is 0 Å². The summed E-state index contributed by atoms with van der Waals surface area (Å²) >= 11 is 0. The molecule has 0 bridgehead atoms. The summed E-state index contributed by atoms with van der Waals surface area (Å²) in [6.07, 6.45) is 5.16. The maximum absolute atomic E-state index is 5.56. The van der Waals surface area contributed by atoms with Crippen LogP contribution in [0.5, 0.6) is 0 Å². The van der Waals surface area contributed by atoms with Crippen LogP contribution in [-0.2, 0) is 0 Å². The van der Waals surface area contributed by atoms with Crippen LogP contribution >= 0.6 is 0 Å². The second kappa shape index (κ2) is 2.38. The van der Waals surface area contributed by atoms with Gasteiger partial charge in [-0.2, -0.15) is 0 Å². The molecule has 4 nitrogen and oxygen atoms in total. The molecule has 0 aromatic heterocycles. The van der Waals surface area contributed by atoms with Crippen LogP contribution in [0.25, 0.3) is 0 Å². The standard InChI is InChI=1S/C7H12N4/c8-7-4-6(5-9-10-7)11-2-1-3-11/h4-5,9-10H,1-3,8H2. The Morgan fingerprint density at radius 3 is 2.82 bits per heavy atom. The van der Waals surface area contributed by atoms with Crippen LogP contribution in [-0.4, -0.2) is 18.0 Å². The molecule has 0 aromatic rings. The van der Waals surface area contributed by atoms with Gasteiger partial charge >= 0.3 is 0 Å². The van der Waals surface area contributed by atoms with Crippen molar-refractivity contribution in [2.24, 2.45) is 5.73 Å². The summed E-state index contributed by atoms with van der Waals surface area (Å²) in [5.74, 6) is 0.675. The molecule has 1 fully saturated rings. The van der Waals surface area contributed by atoms with E-state index < -0.39 is 0 Å². The molecule has 0 unspecified atom stereocenters. The molecule has 2 aliphatic rings. The quantitative estimate of drug-likeness (QED) is 0.471. The molecule has 0 radical (unpaired) electrons. The molecule has 0 amide bonds. The molecule has 4 N–H and O–H groups in total. The molecule has 0 saturated carbocycles. The van der Waals surface area contributed by atoms with Gasteiger partial charge in [0, 0.05) is 25.4 Å². The molecular weight excluding hydrogens is 140 g/mol. The van der Waals surface area contributed by atoms with Crippen molar-refractivity contribution in [3.05, 3.63) is 23.8 Å². The van der Waals surface area contributed by atoms with Gasteiger partial charge in [0.1, 0.15) is 5.82 Å². The van der Waals surface area contributed by atoms with E-state index in [0.29, 0.717) is 5.82 Å². The van der Waals surface area contributed by atoms with Crippen molar-refractivity contribution in [2.45, 2.75) is 6.42 Å². The first-order valence-electron chi connectivity index (χ1n) is 3.80. The van der Waals surface area contributed by atoms with Crippen molar-refractivity contribution < 1.29 is 0 Å². The summed E-state index contributed by atoms with van der Waals surface area (Å²) < 4.78 is 0. The first kappa shape index (κ1) is 6.39. The molecule has 60 valence electrons. The Morgan fingerprint density at radius 2 is 2.27 bits per heavy atom. The highest BCUT2D eigenvalue weighted by Crippen LogP contribution is 2.15. The zero-order chi connectivity index (χ0) is 7.68. The minimum Gasteiger partial charge on any atom is -0.384 e. The zero-order valence-corrected chi connectivity index (χ0v) is 6.30. The summed E-state index contributed by atoms with van der Waals surface area (Å²) in [7, 11) is 0. The highest BCUT2D eigenvalue weighted by molar-refractivity contribution is 5.23. The van der Waals surface area contributed by atoms with Gasteiger partial charge in [-0.1, -0.05) is 0 Å². The fraction of sp³-hybridized carbons (Fsp3) is 0.429. The van der Waals surface area contributed by atoms with E-state index in [1.807, 2.05) is 12.3 Å². The number of hydrazine groups is 1. The predicted octanol–water partition coefficient (Wildman–Crippen LogP) is -0.559. The van der Waals surface area contributed by atoms with Crippen molar-refractivity contribution in [1.29, 1.82) is 0 Å². The van der Waals surface area contributed by atoms with Gasteiger partial charge in [-0.25, -0.2) is 0 Å². The minimum absolute atomic E-state index is 0.675. The summed E-state index contributed by atoms with van der Waals surface area (Å²) in [4.78, 5) is 2.28. The molecule has 1 saturated heterocycles. The Morgan fingerprint density at radius 1 is 1.45 bits per heavy atom. The highest BCUT2D eigenvalue weighted by atomic mass is 15.4. The third-order valence-corrected chi connectivity index (χ3v) is 1.96. The monoisotopic (exact) mass is 152 g/mol. The van der Waals surface area contributed by atoms with E-state index in [2.05, 4.69) is 15.8 Å². The van der Waals surface area contributed by atoms with E-state index in [1.54, 1.807) is 0 Å². The second-order valence-corrected chi connectivity index (χ2v) is 2.78. The first-order valence-corrected chi connectivity index (χ1v) is 3.80. The molecule has 11 heavy (non-hydrogen) atoms. The van der Waals surface area contributed by atoms with E-state index in [0.717, 1.165) is 13.1 Å². The number of nitrogens with one attached hydrogen (secondary N) is 2. The summed E-state index contributed by atoms with van der Waals surface area (Å²) in [6.45, 7) is 2.30. The fourth-order valence-corrected chi connectivity index (χ4v) is 1.19. The first-order chi connectivity index (χ1) is 5.36. The zero-order valence-electron chi connectivity index (χ0n) is 6.30. The Bertz CT molecular complexity index is 214. The maximum atomic E-state index is 5.56. The van der Waals surface area contributed by atoms with Gasteiger partial charge in [-0.3, -0.25) is 5.43 Å². The van der Waals surface area contributed by atoms with E-state index in [9.17, 15) is 0 Å². The van der Waals surface area contributed by atoms with Gasteiger partial charge < -0.3 is 16.1 Å². The van der Waals surface area contributed by atoms with Crippen molar-refractivity contribution >= 4 is 0 Å². The number of nitrogens with two attached hydrogens (primary N) is 1. The predicted molar refractivity (Wildman–Crippen MR) is 42.8 cm³/mol. The van der Waals surface area contributed by atoms with Crippen LogP contribution < -0.4 is 16.6 Å². The molecule has 0 aromatic carbocycles. The lowest BCUT2D eigenvalue weighted by molar-refractivity contribution is 0.243. The van der Waals surface area contributed by atoms with E-state index in [-0.39, 0.29) is 0 Å². The van der Waals surface area contributed by atoms with E-state index >= 15 is 0 Å². The smallest absolute Gasteiger partial charge is 0.117 e. The Labute approximate surface area is 65.7 Å². The van der Waals surface area contributed by atoms with Crippen molar-refractivity contribution in [3.63, 3.8) is 0 Å². The Hall–Kier alpha value is -1.32. The SMILES string of the molecule is NC1=CC(N2CCC2)=CNN1. The van der Waals surface area contributed by atoms with Crippen LogP contribution in [0.4, 0.5) is 0 Å². The van der Waals surface area contributed by atoms with Gasteiger partial charge in [-0.15, -0.1) is 0 Å². The summed E-state index contributed by atoms with van der Waals surface area (Å²) in [6, 6.07) is 0. The molecule has 2 heterocycles. The van der Waals surface area contributed by atoms with E-state index in [4.69, 9.17) is 5.73 Å². The number of hydrogen-bond acceptors (Lipinski definition) is 4. The van der Waals surface area contributed by atoms with E-state index in [1.165, 1.54) is 12.1 Å². The molecule has 0 spiro atoms. The summed E-state index contributed by atoms with van der Waals surface area (Å²) in [5.41, 5.74) is 12.4. The molecule has 2 rings (SSSR count). The molecule has 0 atom stereocenters. The van der Waals surface area contributed by atoms with Crippen LogP contribution in [0.2, 0.25) is 0 Å². The fourth-order valence-electron chi connectivity index (χ4n) is 1.19. The lowest BCUT2D eigenvalue weighted by Gasteiger charge is -2.35. The Kier molecular flexibility index (Phi) is 1.38. The van der Waals surface area contributed by atoms with Crippen LogP contribution in [0.15, 0.2) is 23.8 Å². The van der Waals surface area contributed by atoms with Gasteiger partial charge in [0.15, 0.2) is 0 Å². The topological polar surface area (TPSA) is 53.3 Å². The molecular formula is C7H12N4. The normalized spacial score (nSPS) is 22.4. The van der Waals surface area contributed by atoms with Gasteiger partial charge in [0.05, 0.1) is 5.70 Å². The van der Waals surface area contributed by atoms with Gasteiger partial charge in [0.2, 0.25) is 0 Å². The van der Waals surface area contributed by atoms with Gasteiger partial charge in [0.25, 0.3) is 0 Å². The maximum Gasteiger partial charge on any atom is 0.117 e. The van der Waals surface area contributed by atoms with Crippen LogP contribution in [0.3, 0.4) is 0 Å². The van der Waals surface area contributed by atoms with Crippen molar-refractivity contribution in [2.75, 3.05) is 13.1 Å². The Balaban J connectivity index is 2.07. The lowest BCUT2D eigenvalue weighted by atomic mass is 10.2. The second-order valence-electron chi connectivity index (χ2n) is 2.78. The summed E-state index contributed by atoms with van der Waals surface area (Å²) in [5, 5.41) is 0. The minimum atomic E-state index is 0.675. The number of allylic oxidation sites excluding steroid dienone is 1. The third kappa shape index (κ3) is 1.11. The number of nitrogens with zero attached hydrogens (tertiary/aromatic N) is 1. The molecule has 4 heteroatoms. The lowest BCUT2D eigenvalue weighted by Crippen LogP contribution is -2.41. The largest absolute Gasteiger partial charge is 0.384 e. The average Bonchev–Trinajstić information content (AvgIpc) is 1.83.